The van der Waals surface area contributed by atoms with E-state index in [1.165, 1.54) is 6.92 Å². The summed E-state index contributed by atoms with van der Waals surface area (Å²) >= 11 is 0. The summed E-state index contributed by atoms with van der Waals surface area (Å²) in [5, 5.41) is 9.54. The first kappa shape index (κ1) is 17.4. The minimum absolute atomic E-state index is 0.0279. The zero-order chi connectivity index (χ0) is 18.8. The van der Waals surface area contributed by atoms with Gasteiger partial charge in [-0.25, -0.2) is 4.57 Å². The van der Waals surface area contributed by atoms with Crippen LogP contribution < -0.4 is 5.56 Å². The van der Waals surface area contributed by atoms with Crippen LogP contribution in [0.25, 0.3) is 22.4 Å². The van der Waals surface area contributed by atoms with Crippen LogP contribution in [0.4, 0.5) is 0 Å². The number of nitriles is 1. The van der Waals surface area contributed by atoms with Crippen LogP contribution in [-0.4, -0.2) is 10.5 Å². The maximum Gasteiger partial charge on any atom is 0.276 e. The zero-order valence-electron chi connectivity index (χ0n) is 14.9. The highest BCUT2D eigenvalue weighted by Gasteiger charge is 2.19. The number of hydrogen-bond donors (Lipinski definition) is 0. The molecule has 0 saturated carbocycles. The van der Waals surface area contributed by atoms with Gasteiger partial charge < -0.3 is 0 Å². The van der Waals surface area contributed by atoms with Crippen molar-refractivity contribution in [3.05, 3.63) is 81.6 Å². The highest BCUT2D eigenvalue weighted by atomic mass is 16.2. The van der Waals surface area contributed by atoms with Crippen molar-refractivity contribution in [1.82, 2.24) is 4.57 Å². The van der Waals surface area contributed by atoms with Gasteiger partial charge in [0.15, 0.2) is 0 Å². The fourth-order valence-corrected chi connectivity index (χ4v) is 2.93. The van der Waals surface area contributed by atoms with Crippen LogP contribution in [0.5, 0.6) is 0 Å². The smallest absolute Gasteiger partial charge is 0.274 e. The Morgan fingerprint density at radius 2 is 1.42 bits per heavy atom. The fourth-order valence-electron chi connectivity index (χ4n) is 2.93. The number of hydrogen-bond acceptors (Lipinski definition) is 3. The van der Waals surface area contributed by atoms with Gasteiger partial charge in [0.05, 0.1) is 5.69 Å². The average Bonchev–Trinajstić information content (AvgIpc) is 2.62. The highest BCUT2D eigenvalue weighted by Crippen LogP contribution is 2.28. The third kappa shape index (κ3) is 3.07. The summed E-state index contributed by atoms with van der Waals surface area (Å²) in [5.74, 6) is -0.419. The molecule has 4 nitrogen and oxygen atoms in total. The minimum Gasteiger partial charge on any atom is -0.274 e. The van der Waals surface area contributed by atoms with Crippen molar-refractivity contribution < 1.29 is 4.79 Å². The lowest BCUT2D eigenvalue weighted by Crippen LogP contribution is -2.29. The highest BCUT2D eigenvalue weighted by molar-refractivity contribution is 5.85. The Labute approximate surface area is 152 Å². The van der Waals surface area contributed by atoms with E-state index in [1.807, 2.05) is 68.4 Å². The Balaban J connectivity index is 2.38. The summed E-state index contributed by atoms with van der Waals surface area (Å²) in [6, 6.07) is 18.9. The number of nitrogens with zero attached hydrogens (tertiary/aromatic N) is 2. The zero-order valence-corrected chi connectivity index (χ0v) is 14.9. The van der Waals surface area contributed by atoms with E-state index in [0.29, 0.717) is 11.3 Å². The molecule has 0 aliphatic carbocycles. The minimum atomic E-state index is -0.589. The first-order valence-corrected chi connectivity index (χ1v) is 8.27. The van der Waals surface area contributed by atoms with Gasteiger partial charge in [0.2, 0.25) is 5.91 Å². The lowest BCUT2D eigenvalue weighted by atomic mass is 9.97. The van der Waals surface area contributed by atoms with Crippen LogP contribution in [0, 0.1) is 25.2 Å². The van der Waals surface area contributed by atoms with Crippen LogP contribution >= 0.6 is 0 Å². The van der Waals surface area contributed by atoms with Crippen molar-refractivity contribution in [2.45, 2.75) is 20.8 Å². The molecule has 1 aromatic heterocycles. The third-order valence-corrected chi connectivity index (χ3v) is 4.34. The van der Waals surface area contributed by atoms with E-state index in [4.69, 9.17) is 0 Å². The van der Waals surface area contributed by atoms with Gasteiger partial charge >= 0.3 is 0 Å². The number of aromatic nitrogens is 1. The summed E-state index contributed by atoms with van der Waals surface area (Å²) in [7, 11) is 0. The first-order valence-electron chi connectivity index (χ1n) is 8.27. The molecule has 0 saturated heterocycles. The second kappa shape index (κ2) is 6.81. The Morgan fingerprint density at radius 3 is 1.88 bits per heavy atom. The topological polar surface area (TPSA) is 62.9 Å². The summed E-state index contributed by atoms with van der Waals surface area (Å²) in [4.78, 5) is 25.0. The van der Waals surface area contributed by atoms with E-state index in [-0.39, 0.29) is 5.56 Å². The van der Waals surface area contributed by atoms with Gasteiger partial charge in [0.1, 0.15) is 11.6 Å². The first-order chi connectivity index (χ1) is 12.4. The average molecular weight is 342 g/mol. The molecule has 0 spiro atoms. The molecule has 3 aromatic rings. The molecule has 0 N–H and O–H groups in total. The van der Waals surface area contributed by atoms with Crippen LogP contribution in [0.3, 0.4) is 0 Å². The number of rotatable bonds is 2. The molecular formula is C22H18N2O2. The standard InChI is InChI=1S/C22H18N2O2/c1-14-4-8-17(9-5-14)19-12-21(18-10-6-15(2)7-11-18)24(16(3)25)22(26)20(19)13-23/h4-12H,1-3H3. The summed E-state index contributed by atoms with van der Waals surface area (Å²) in [6.45, 7) is 5.27. The molecule has 26 heavy (non-hydrogen) atoms. The maximum atomic E-state index is 12.9. The molecule has 1 heterocycles. The number of benzene rings is 2. The van der Waals surface area contributed by atoms with Gasteiger partial charge in [0.25, 0.3) is 5.56 Å². The summed E-state index contributed by atoms with van der Waals surface area (Å²) in [5.41, 5.74) is 4.09. The van der Waals surface area contributed by atoms with Crippen LogP contribution in [0.2, 0.25) is 0 Å². The molecule has 0 amide bonds. The second-order valence-electron chi connectivity index (χ2n) is 6.32. The Hall–Kier alpha value is -3.45. The molecule has 2 aromatic carbocycles. The van der Waals surface area contributed by atoms with Gasteiger partial charge in [0, 0.05) is 12.5 Å². The fraction of sp³-hybridized carbons (Fsp3) is 0.136. The van der Waals surface area contributed by atoms with Crippen molar-refractivity contribution in [3.63, 3.8) is 0 Å². The van der Waals surface area contributed by atoms with Gasteiger partial charge in [-0.05, 0) is 31.0 Å². The SMILES string of the molecule is CC(=O)n1c(-c2ccc(C)cc2)cc(-c2ccc(C)cc2)c(C#N)c1=O. The van der Waals surface area contributed by atoms with Crippen LogP contribution in [-0.2, 0) is 0 Å². The van der Waals surface area contributed by atoms with E-state index in [2.05, 4.69) is 0 Å². The molecule has 0 aliphatic rings. The lowest BCUT2D eigenvalue weighted by molar-refractivity contribution is 0.0934. The third-order valence-electron chi connectivity index (χ3n) is 4.34. The van der Waals surface area contributed by atoms with Crippen molar-refractivity contribution in [1.29, 1.82) is 5.26 Å². The molecule has 0 atom stereocenters. The van der Waals surface area contributed by atoms with E-state index in [1.54, 1.807) is 6.07 Å². The molecule has 0 aliphatic heterocycles. The molecule has 0 radical (unpaired) electrons. The van der Waals surface area contributed by atoms with Gasteiger partial charge in [-0.2, -0.15) is 5.26 Å². The second-order valence-corrected chi connectivity index (χ2v) is 6.32. The van der Waals surface area contributed by atoms with E-state index in [0.717, 1.165) is 26.8 Å². The molecular weight excluding hydrogens is 324 g/mol. The van der Waals surface area contributed by atoms with Crippen LogP contribution in [0.1, 0.15) is 28.4 Å². The molecule has 0 unspecified atom stereocenters. The number of pyridine rings is 1. The number of carbonyl (C=O) groups excluding carboxylic acids is 1. The lowest BCUT2D eigenvalue weighted by Gasteiger charge is -2.14. The predicted octanol–water partition coefficient (Wildman–Crippen LogP) is 4.33. The Bertz CT molecular complexity index is 1080. The number of aryl methyl sites for hydroxylation is 2. The molecule has 4 heteroatoms. The largest absolute Gasteiger partial charge is 0.276 e. The quantitative estimate of drug-likeness (QED) is 0.696. The summed E-state index contributed by atoms with van der Waals surface area (Å²) < 4.78 is 1.07. The van der Waals surface area contributed by atoms with E-state index in [9.17, 15) is 14.9 Å². The maximum absolute atomic E-state index is 12.9. The van der Waals surface area contributed by atoms with Crippen molar-refractivity contribution in [3.8, 4) is 28.5 Å². The number of carbonyl (C=O) groups is 1. The molecule has 0 bridgehead atoms. The molecule has 0 fully saturated rings. The van der Waals surface area contributed by atoms with Crippen molar-refractivity contribution in [2.24, 2.45) is 0 Å². The van der Waals surface area contributed by atoms with E-state index < -0.39 is 11.5 Å². The van der Waals surface area contributed by atoms with Crippen molar-refractivity contribution >= 4 is 5.91 Å². The van der Waals surface area contributed by atoms with E-state index >= 15 is 0 Å². The van der Waals surface area contributed by atoms with Gasteiger partial charge in [-0.3, -0.25) is 9.59 Å². The normalized spacial score (nSPS) is 10.4. The monoisotopic (exact) mass is 342 g/mol. The predicted molar refractivity (Wildman–Crippen MR) is 102 cm³/mol. The van der Waals surface area contributed by atoms with Crippen molar-refractivity contribution in [2.75, 3.05) is 0 Å². The Kier molecular flexibility index (Phi) is 4.55. The molecule has 3 rings (SSSR count). The van der Waals surface area contributed by atoms with Gasteiger partial charge in [-0.1, -0.05) is 59.7 Å². The summed E-state index contributed by atoms with van der Waals surface area (Å²) in [6.07, 6.45) is 0. The Morgan fingerprint density at radius 1 is 0.923 bits per heavy atom. The van der Waals surface area contributed by atoms with Crippen LogP contribution in [0.15, 0.2) is 59.4 Å². The molecule has 128 valence electrons. The van der Waals surface area contributed by atoms with Gasteiger partial charge in [-0.15, -0.1) is 0 Å².